The highest BCUT2D eigenvalue weighted by atomic mass is 35.5. The van der Waals surface area contributed by atoms with Crippen LogP contribution in [0.25, 0.3) is 5.69 Å². The Kier molecular flexibility index (Phi) is 7.75. The van der Waals surface area contributed by atoms with E-state index in [0.29, 0.717) is 39.8 Å². The van der Waals surface area contributed by atoms with E-state index < -0.39 is 12.6 Å². The highest BCUT2D eigenvalue weighted by molar-refractivity contribution is 7.99. The molecular formula is C16H18ClF3N4OS2. The Hall–Kier alpha value is -1.52. The van der Waals surface area contributed by atoms with Crippen LogP contribution in [0.4, 0.5) is 18.9 Å². The van der Waals surface area contributed by atoms with E-state index in [1.807, 2.05) is 6.92 Å². The molecule has 0 amide bonds. The maximum Gasteiger partial charge on any atom is 0.389 e. The van der Waals surface area contributed by atoms with Gasteiger partial charge in [0.15, 0.2) is 11.3 Å². The van der Waals surface area contributed by atoms with Crippen molar-refractivity contribution in [3.05, 3.63) is 41.1 Å². The zero-order chi connectivity index (χ0) is 20.0. The predicted octanol–water partition coefficient (Wildman–Crippen LogP) is 4.39. The lowest BCUT2D eigenvalue weighted by Gasteiger charge is -2.22. The molecule has 0 fully saturated rings. The molecule has 0 atom stereocenters. The highest BCUT2D eigenvalue weighted by Crippen LogP contribution is 2.27. The van der Waals surface area contributed by atoms with Gasteiger partial charge in [-0.3, -0.25) is 0 Å². The lowest BCUT2D eigenvalue weighted by Crippen LogP contribution is -2.29. The summed E-state index contributed by atoms with van der Waals surface area (Å²) in [5.74, 6) is 0.506. The zero-order valence-corrected chi connectivity index (χ0v) is 16.8. The van der Waals surface area contributed by atoms with Crippen molar-refractivity contribution in [2.75, 3.05) is 23.0 Å². The van der Waals surface area contributed by atoms with Crippen molar-refractivity contribution < 1.29 is 17.9 Å². The van der Waals surface area contributed by atoms with Crippen molar-refractivity contribution in [3.8, 4) is 5.69 Å². The number of nitrogens with zero attached hydrogens (tertiary/aromatic N) is 4. The summed E-state index contributed by atoms with van der Waals surface area (Å²) in [5.41, 5.74) is 1.14. The van der Waals surface area contributed by atoms with Crippen LogP contribution in [0.3, 0.4) is 0 Å². The van der Waals surface area contributed by atoms with Gasteiger partial charge in [0.05, 0.1) is 23.3 Å². The second-order valence-corrected chi connectivity index (χ2v) is 7.59. The summed E-state index contributed by atoms with van der Waals surface area (Å²) in [6.07, 6.45) is -0.0934. The van der Waals surface area contributed by atoms with E-state index in [0.717, 1.165) is 0 Å². The summed E-state index contributed by atoms with van der Waals surface area (Å²) < 4.78 is 38.6. The van der Waals surface area contributed by atoms with Gasteiger partial charge in [-0.05, 0) is 18.7 Å². The molecule has 0 radical (unpaired) electrons. The molecule has 2 rings (SSSR count). The van der Waals surface area contributed by atoms with Gasteiger partial charge in [0.2, 0.25) is 6.20 Å². The van der Waals surface area contributed by atoms with Gasteiger partial charge in [-0.1, -0.05) is 23.8 Å². The van der Waals surface area contributed by atoms with E-state index in [1.54, 1.807) is 23.2 Å². The Morgan fingerprint density at radius 1 is 1.44 bits per heavy atom. The molecule has 0 saturated heterocycles. The van der Waals surface area contributed by atoms with E-state index in [9.17, 15) is 18.4 Å². The van der Waals surface area contributed by atoms with Crippen LogP contribution in [0.1, 0.15) is 19.8 Å². The molecule has 0 bridgehead atoms. The average molecular weight is 439 g/mol. The molecule has 5 nitrogen and oxygen atoms in total. The van der Waals surface area contributed by atoms with E-state index in [2.05, 4.69) is 5.10 Å². The highest BCUT2D eigenvalue weighted by Gasteiger charge is 2.26. The molecule has 2 heterocycles. The topological polar surface area (TPSA) is 48.0 Å². The number of rotatable bonds is 8. The summed E-state index contributed by atoms with van der Waals surface area (Å²) >= 11 is 12.9. The summed E-state index contributed by atoms with van der Waals surface area (Å²) in [5, 5.41) is 15.9. The second kappa shape index (κ2) is 9.61. The van der Waals surface area contributed by atoms with E-state index in [-0.39, 0.29) is 10.9 Å². The van der Waals surface area contributed by atoms with Crippen molar-refractivity contribution in [1.82, 2.24) is 9.78 Å². The fraction of sp³-hybridized carbons (Fsp3) is 0.438. The molecular weight excluding hydrogens is 421 g/mol. The number of alkyl halides is 3. The minimum absolute atomic E-state index is 0.0140. The average Bonchev–Trinajstić information content (AvgIpc) is 2.96. The van der Waals surface area contributed by atoms with Crippen molar-refractivity contribution in [2.24, 2.45) is 0 Å². The molecule has 0 unspecified atom stereocenters. The van der Waals surface area contributed by atoms with Crippen LogP contribution in [0.5, 0.6) is 0 Å². The SMILES string of the molecule is CCN(C(=S)CCSCCC(F)(F)F)c1cn(-c2ccc[n+]([O-])c2)nc1Cl. The normalized spacial score (nSPS) is 11.6. The smallest absolute Gasteiger partial charge is 0.389 e. The summed E-state index contributed by atoms with van der Waals surface area (Å²) in [7, 11) is 0. The van der Waals surface area contributed by atoms with Gasteiger partial charge < -0.3 is 10.1 Å². The Balaban J connectivity index is 2.01. The minimum atomic E-state index is -4.13. The van der Waals surface area contributed by atoms with E-state index in [1.165, 1.54) is 28.8 Å². The number of thiocarbonyl (C=S) groups is 1. The molecule has 0 aliphatic heterocycles. The fourth-order valence-electron chi connectivity index (χ4n) is 2.30. The molecule has 148 valence electrons. The molecule has 2 aromatic heterocycles. The van der Waals surface area contributed by atoms with Gasteiger partial charge in [-0.15, -0.1) is 0 Å². The number of aromatic nitrogens is 3. The third-order valence-corrected chi connectivity index (χ3v) is 5.25. The third-order valence-electron chi connectivity index (χ3n) is 3.57. The van der Waals surface area contributed by atoms with Crippen molar-refractivity contribution in [2.45, 2.75) is 25.9 Å². The first-order valence-corrected chi connectivity index (χ1v) is 10.0. The molecule has 0 spiro atoms. The molecule has 0 aliphatic carbocycles. The van der Waals surface area contributed by atoms with Gasteiger partial charge in [-0.25, -0.2) is 4.68 Å². The molecule has 11 heteroatoms. The molecule has 0 aliphatic rings. The Morgan fingerprint density at radius 3 is 2.81 bits per heavy atom. The predicted molar refractivity (Wildman–Crippen MR) is 106 cm³/mol. The standard InChI is InChI=1S/C16H18ClF3N4OS2/c1-2-23(14(26)5-8-27-9-6-16(18,19)20)13-11-24(21-15(13)17)12-4-3-7-22(25)10-12/h3-4,7,10-11H,2,5-6,8-9H2,1H3. The lowest BCUT2D eigenvalue weighted by molar-refractivity contribution is -0.605. The van der Waals surface area contributed by atoms with Crippen molar-refractivity contribution in [1.29, 1.82) is 0 Å². The van der Waals surface area contributed by atoms with Gasteiger partial charge >= 0.3 is 6.18 Å². The maximum absolute atomic E-state index is 12.2. The second-order valence-electron chi connectivity index (χ2n) is 5.54. The number of thioether (sulfide) groups is 1. The van der Waals surface area contributed by atoms with Gasteiger partial charge in [0.1, 0.15) is 5.69 Å². The Labute approximate surface area is 169 Å². The first kappa shape index (κ1) is 21.8. The minimum Gasteiger partial charge on any atom is -0.619 e. The van der Waals surface area contributed by atoms with Crippen LogP contribution >= 0.6 is 35.6 Å². The Morgan fingerprint density at radius 2 is 2.19 bits per heavy atom. The van der Waals surface area contributed by atoms with E-state index >= 15 is 0 Å². The third kappa shape index (κ3) is 6.54. The summed E-state index contributed by atoms with van der Waals surface area (Å²) in [4.78, 5) is 2.37. The van der Waals surface area contributed by atoms with Crippen LogP contribution in [0.2, 0.25) is 5.15 Å². The quantitative estimate of drug-likeness (QED) is 0.265. The van der Waals surface area contributed by atoms with Crippen LogP contribution < -0.4 is 9.63 Å². The molecule has 0 N–H and O–H groups in total. The molecule has 0 saturated carbocycles. The monoisotopic (exact) mass is 438 g/mol. The maximum atomic E-state index is 12.2. The summed E-state index contributed by atoms with van der Waals surface area (Å²) in [6, 6.07) is 3.31. The summed E-state index contributed by atoms with van der Waals surface area (Å²) in [6.45, 7) is 2.43. The van der Waals surface area contributed by atoms with Crippen LogP contribution in [-0.2, 0) is 0 Å². The number of halogens is 4. The number of anilines is 1. The largest absolute Gasteiger partial charge is 0.619 e. The van der Waals surface area contributed by atoms with Crippen LogP contribution in [0, 0.1) is 5.21 Å². The first-order chi connectivity index (χ1) is 12.7. The number of hydrogen-bond donors (Lipinski definition) is 0. The number of hydrogen-bond acceptors (Lipinski definition) is 4. The molecule has 27 heavy (non-hydrogen) atoms. The van der Waals surface area contributed by atoms with Crippen LogP contribution in [0.15, 0.2) is 30.7 Å². The lowest BCUT2D eigenvalue weighted by atomic mass is 10.3. The van der Waals surface area contributed by atoms with Crippen molar-refractivity contribution >= 4 is 46.3 Å². The first-order valence-electron chi connectivity index (χ1n) is 8.10. The van der Waals surface area contributed by atoms with E-state index in [4.69, 9.17) is 23.8 Å². The number of pyridine rings is 1. The molecule has 2 aromatic rings. The van der Waals surface area contributed by atoms with Crippen molar-refractivity contribution in [3.63, 3.8) is 0 Å². The Bertz CT molecular complexity index is 785. The zero-order valence-electron chi connectivity index (χ0n) is 14.4. The molecule has 0 aromatic carbocycles. The van der Waals surface area contributed by atoms with Gasteiger partial charge in [-0.2, -0.15) is 34.8 Å². The fourth-order valence-corrected chi connectivity index (χ4v) is 3.91. The van der Waals surface area contributed by atoms with Crippen LogP contribution in [-0.4, -0.2) is 39.0 Å². The van der Waals surface area contributed by atoms with Gasteiger partial charge in [0.25, 0.3) is 0 Å². The van der Waals surface area contributed by atoms with Gasteiger partial charge in [0, 0.05) is 24.8 Å².